The number of fused-ring (bicyclic) bond motifs is 1. The van der Waals surface area contributed by atoms with Gasteiger partial charge in [0.05, 0.1) is 25.5 Å². The highest BCUT2D eigenvalue weighted by atomic mass is 16.5. The van der Waals surface area contributed by atoms with Gasteiger partial charge in [0.25, 0.3) is 5.91 Å². The molecule has 0 spiro atoms. The number of nitrogens with zero attached hydrogens (tertiary/aromatic N) is 2. The molecule has 35 heavy (non-hydrogen) atoms. The Balaban J connectivity index is 1.58. The molecule has 2 heterocycles. The van der Waals surface area contributed by atoms with Crippen LogP contribution in [0.15, 0.2) is 78.9 Å². The highest BCUT2D eigenvalue weighted by Gasteiger charge is 2.42. The van der Waals surface area contributed by atoms with E-state index in [0.29, 0.717) is 18.8 Å². The van der Waals surface area contributed by atoms with Crippen LogP contribution in [0.4, 0.5) is 0 Å². The van der Waals surface area contributed by atoms with Crippen molar-refractivity contribution in [3.05, 3.63) is 101 Å². The van der Waals surface area contributed by atoms with Gasteiger partial charge in [0, 0.05) is 17.7 Å². The molecular weight excluding hydrogens is 438 g/mol. The number of aromatic amines is 1. The summed E-state index contributed by atoms with van der Waals surface area (Å²) in [6, 6.07) is 25.6. The molecule has 0 radical (unpaired) electrons. The molecule has 0 fully saturated rings. The average molecular weight is 468 g/mol. The lowest BCUT2D eigenvalue weighted by atomic mass is 9.95. The molecule has 0 bridgehead atoms. The van der Waals surface area contributed by atoms with Crippen LogP contribution in [0.5, 0.6) is 11.5 Å². The van der Waals surface area contributed by atoms with Crippen LogP contribution in [0, 0.1) is 0 Å². The number of rotatable bonds is 9. The fourth-order valence-electron chi connectivity index (χ4n) is 4.56. The number of hydrogen-bond acceptors (Lipinski definition) is 4. The molecule has 0 aliphatic carbocycles. The molecule has 1 unspecified atom stereocenters. The maximum atomic E-state index is 13.6. The smallest absolute Gasteiger partial charge is 0.273 e. The van der Waals surface area contributed by atoms with Gasteiger partial charge in [0.2, 0.25) is 0 Å². The Morgan fingerprint density at radius 2 is 1.77 bits per heavy atom. The molecule has 3 aromatic carbocycles. The third-order valence-corrected chi connectivity index (χ3v) is 6.36. The first kappa shape index (κ1) is 22.7. The second-order valence-corrected chi connectivity index (χ2v) is 8.69. The van der Waals surface area contributed by atoms with Gasteiger partial charge in [-0.2, -0.15) is 5.10 Å². The Bertz CT molecular complexity index is 1300. The summed E-state index contributed by atoms with van der Waals surface area (Å²) in [4.78, 5) is 15.5. The Morgan fingerprint density at radius 3 is 2.51 bits per heavy atom. The summed E-state index contributed by atoms with van der Waals surface area (Å²) in [6.07, 6.45) is 2.07. The average Bonchev–Trinajstić information content (AvgIpc) is 3.44. The summed E-state index contributed by atoms with van der Waals surface area (Å²) >= 11 is 0. The van der Waals surface area contributed by atoms with Crippen LogP contribution in [0.3, 0.4) is 0 Å². The minimum Gasteiger partial charge on any atom is -0.497 e. The summed E-state index contributed by atoms with van der Waals surface area (Å²) in [6.45, 7) is 3.31. The fourth-order valence-corrected chi connectivity index (χ4v) is 4.56. The zero-order chi connectivity index (χ0) is 24.2. The third kappa shape index (κ3) is 4.52. The van der Waals surface area contributed by atoms with Crippen LogP contribution in [-0.4, -0.2) is 34.7 Å². The fraction of sp³-hybridized carbons (Fsp3) is 0.241. The van der Waals surface area contributed by atoms with Crippen molar-refractivity contribution >= 4 is 5.91 Å². The van der Waals surface area contributed by atoms with E-state index in [9.17, 15) is 4.79 Å². The van der Waals surface area contributed by atoms with Crippen LogP contribution in [0.1, 0.15) is 53.0 Å². The van der Waals surface area contributed by atoms with Gasteiger partial charge in [-0.15, -0.1) is 0 Å². The van der Waals surface area contributed by atoms with Crippen molar-refractivity contribution in [2.75, 3.05) is 13.7 Å². The predicted molar refractivity (Wildman–Crippen MR) is 136 cm³/mol. The lowest BCUT2D eigenvalue weighted by Crippen LogP contribution is -2.29. The molecule has 5 rings (SSSR count). The van der Waals surface area contributed by atoms with Crippen LogP contribution < -0.4 is 9.47 Å². The van der Waals surface area contributed by atoms with Gasteiger partial charge in [-0.05, 0) is 53.9 Å². The minimum absolute atomic E-state index is 0.0570. The summed E-state index contributed by atoms with van der Waals surface area (Å²) in [7, 11) is 1.65. The molecule has 1 aromatic heterocycles. The Labute approximate surface area is 205 Å². The van der Waals surface area contributed by atoms with E-state index in [1.54, 1.807) is 7.11 Å². The van der Waals surface area contributed by atoms with E-state index in [-0.39, 0.29) is 11.9 Å². The molecule has 6 heteroatoms. The number of hydrogen-bond donors (Lipinski definition) is 1. The van der Waals surface area contributed by atoms with Gasteiger partial charge in [-0.25, -0.2) is 0 Å². The molecule has 0 saturated heterocycles. The van der Waals surface area contributed by atoms with Crippen molar-refractivity contribution in [3.63, 3.8) is 0 Å². The molecule has 0 saturated carbocycles. The van der Waals surface area contributed by atoms with Gasteiger partial charge < -0.3 is 14.4 Å². The normalized spacial score (nSPS) is 14.7. The van der Waals surface area contributed by atoms with E-state index in [4.69, 9.17) is 9.47 Å². The van der Waals surface area contributed by atoms with Crippen LogP contribution in [0.2, 0.25) is 0 Å². The van der Waals surface area contributed by atoms with Crippen LogP contribution >= 0.6 is 0 Å². The number of benzene rings is 3. The van der Waals surface area contributed by atoms with Crippen molar-refractivity contribution in [2.24, 2.45) is 0 Å². The Morgan fingerprint density at radius 1 is 0.971 bits per heavy atom. The first-order valence-corrected chi connectivity index (χ1v) is 12.0. The van der Waals surface area contributed by atoms with Crippen molar-refractivity contribution in [3.8, 4) is 22.8 Å². The first-order chi connectivity index (χ1) is 17.2. The van der Waals surface area contributed by atoms with E-state index in [0.717, 1.165) is 52.3 Å². The maximum Gasteiger partial charge on any atom is 0.273 e. The molecule has 1 atom stereocenters. The van der Waals surface area contributed by atoms with E-state index < -0.39 is 0 Å². The number of unbranched alkanes of at least 4 members (excludes halogenated alkanes) is 1. The number of methoxy groups -OCH3 is 1. The van der Waals surface area contributed by atoms with Crippen molar-refractivity contribution < 1.29 is 14.3 Å². The molecule has 6 nitrogen and oxygen atoms in total. The molecule has 1 aliphatic heterocycles. The monoisotopic (exact) mass is 467 g/mol. The Hall–Kier alpha value is -4.06. The van der Waals surface area contributed by atoms with Gasteiger partial charge in [-0.1, -0.05) is 55.8 Å². The quantitative estimate of drug-likeness (QED) is 0.306. The molecule has 1 N–H and O–H groups in total. The minimum atomic E-state index is -0.289. The van der Waals surface area contributed by atoms with Gasteiger partial charge in [0.15, 0.2) is 0 Å². The zero-order valence-electron chi connectivity index (χ0n) is 20.0. The Kier molecular flexibility index (Phi) is 6.53. The predicted octanol–water partition coefficient (Wildman–Crippen LogP) is 6.01. The SMILES string of the molecule is CCCCOc1cccc(C2c3c(-c4ccc(OC)cc4)n[nH]c3C(=O)N2Cc2ccccc2)c1. The van der Waals surface area contributed by atoms with E-state index in [1.165, 1.54) is 0 Å². The van der Waals surface area contributed by atoms with Gasteiger partial charge in [0.1, 0.15) is 17.2 Å². The molecular formula is C29H29N3O3. The lowest BCUT2D eigenvalue weighted by molar-refractivity contribution is 0.0730. The second-order valence-electron chi connectivity index (χ2n) is 8.69. The van der Waals surface area contributed by atoms with Crippen molar-refractivity contribution in [1.82, 2.24) is 15.1 Å². The highest BCUT2D eigenvalue weighted by Crippen LogP contribution is 2.44. The number of amides is 1. The van der Waals surface area contributed by atoms with Crippen molar-refractivity contribution in [1.29, 1.82) is 0 Å². The first-order valence-electron chi connectivity index (χ1n) is 12.0. The maximum absolute atomic E-state index is 13.6. The zero-order valence-corrected chi connectivity index (χ0v) is 20.0. The number of aromatic nitrogens is 2. The summed E-state index contributed by atoms with van der Waals surface area (Å²) in [5.41, 5.74) is 5.20. The standard InChI is InChI=1S/C29H29N3O3/c1-3-4-17-35-24-12-8-11-22(18-24)28-25-26(21-13-15-23(34-2)16-14-21)30-31-27(25)29(33)32(28)19-20-9-6-5-7-10-20/h5-16,18,28H,3-4,17,19H2,1-2H3,(H,30,31). The number of H-pyrrole nitrogens is 1. The van der Waals surface area contributed by atoms with Gasteiger partial charge in [-0.3, -0.25) is 9.89 Å². The van der Waals surface area contributed by atoms with E-state index in [1.807, 2.05) is 77.7 Å². The van der Waals surface area contributed by atoms with Crippen molar-refractivity contribution in [2.45, 2.75) is 32.4 Å². The van der Waals surface area contributed by atoms with Gasteiger partial charge >= 0.3 is 0 Å². The highest BCUT2D eigenvalue weighted by molar-refractivity contribution is 6.00. The molecule has 178 valence electrons. The molecule has 1 amide bonds. The number of carbonyl (C=O) groups is 1. The number of carbonyl (C=O) groups excluding carboxylic acids is 1. The largest absolute Gasteiger partial charge is 0.497 e. The number of nitrogens with one attached hydrogen (secondary N) is 1. The van der Waals surface area contributed by atoms with Crippen LogP contribution in [0.25, 0.3) is 11.3 Å². The third-order valence-electron chi connectivity index (χ3n) is 6.36. The molecule has 4 aromatic rings. The summed E-state index contributed by atoms with van der Waals surface area (Å²) in [5, 5.41) is 7.60. The lowest BCUT2D eigenvalue weighted by Gasteiger charge is -2.27. The number of ether oxygens (including phenoxy) is 2. The summed E-state index contributed by atoms with van der Waals surface area (Å²) in [5.74, 6) is 1.53. The molecule has 1 aliphatic rings. The van der Waals surface area contributed by atoms with E-state index >= 15 is 0 Å². The summed E-state index contributed by atoms with van der Waals surface area (Å²) < 4.78 is 11.3. The second kappa shape index (κ2) is 10.1. The van der Waals surface area contributed by atoms with Crippen LogP contribution in [-0.2, 0) is 6.54 Å². The topological polar surface area (TPSA) is 67.5 Å². The van der Waals surface area contributed by atoms with E-state index in [2.05, 4.69) is 23.2 Å².